The van der Waals surface area contributed by atoms with Gasteiger partial charge in [0, 0.05) is 12.1 Å². The number of aryl methyl sites for hydroxylation is 2. The van der Waals surface area contributed by atoms with Crippen LogP contribution >= 0.6 is 0 Å². The maximum Gasteiger partial charge on any atom is 0.296 e. The van der Waals surface area contributed by atoms with Crippen molar-refractivity contribution in [2.45, 2.75) is 20.4 Å². The van der Waals surface area contributed by atoms with E-state index in [0.717, 1.165) is 17.0 Å². The second-order valence-electron chi connectivity index (χ2n) is 4.37. The van der Waals surface area contributed by atoms with E-state index in [9.17, 15) is 0 Å². The predicted molar refractivity (Wildman–Crippen MR) is 71.7 cm³/mol. The van der Waals surface area contributed by atoms with Crippen molar-refractivity contribution < 1.29 is 8.94 Å². The number of fused-ring (bicyclic) bond motifs is 1. The lowest BCUT2D eigenvalue weighted by Gasteiger charge is -2.00. The molecule has 2 heterocycles. The number of nitrogens with one attached hydrogen (secondary N) is 1. The Balaban J connectivity index is 1.84. The van der Waals surface area contributed by atoms with Gasteiger partial charge in [0.1, 0.15) is 11.3 Å². The van der Waals surface area contributed by atoms with Gasteiger partial charge in [0.05, 0.1) is 11.4 Å². The fraction of sp³-hybridized carbons (Fsp3) is 0.231. The van der Waals surface area contributed by atoms with Crippen LogP contribution in [0.3, 0.4) is 0 Å². The van der Waals surface area contributed by atoms with Gasteiger partial charge in [-0.1, -0.05) is 11.2 Å². The van der Waals surface area contributed by atoms with Crippen molar-refractivity contribution in [1.29, 1.82) is 0 Å². The first kappa shape index (κ1) is 11.6. The quantitative estimate of drug-likeness (QED) is 0.702. The number of rotatable bonds is 3. The fourth-order valence-corrected chi connectivity index (χ4v) is 1.96. The van der Waals surface area contributed by atoms with E-state index in [0.29, 0.717) is 29.3 Å². The zero-order chi connectivity index (χ0) is 13.4. The number of oxazole rings is 1. The highest BCUT2D eigenvalue weighted by Crippen LogP contribution is 2.24. The Kier molecular flexibility index (Phi) is 2.63. The summed E-state index contributed by atoms with van der Waals surface area (Å²) in [6.07, 6.45) is 0. The second kappa shape index (κ2) is 4.31. The topological polar surface area (TPSA) is 90.1 Å². The van der Waals surface area contributed by atoms with Crippen LogP contribution in [-0.2, 0) is 6.54 Å². The summed E-state index contributed by atoms with van der Waals surface area (Å²) >= 11 is 0. The molecule has 6 nitrogen and oxygen atoms in total. The molecule has 6 heteroatoms. The van der Waals surface area contributed by atoms with Gasteiger partial charge in [-0.25, -0.2) is 0 Å². The molecule has 1 aromatic carbocycles. The SMILES string of the molecule is Cc1noc(C)c1CNc1nc2c(N)cccc2o1. The first-order valence-corrected chi connectivity index (χ1v) is 5.96. The third-order valence-electron chi connectivity index (χ3n) is 3.05. The molecule has 0 saturated heterocycles. The van der Waals surface area contributed by atoms with E-state index >= 15 is 0 Å². The van der Waals surface area contributed by atoms with Crippen LogP contribution < -0.4 is 11.1 Å². The number of anilines is 2. The molecule has 3 aromatic rings. The summed E-state index contributed by atoms with van der Waals surface area (Å²) in [4.78, 5) is 4.32. The summed E-state index contributed by atoms with van der Waals surface area (Å²) in [5.74, 6) is 0.792. The number of benzene rings is 1. The van der Waals surface area contributed by atoms with Gasteiger partial charge >= 0.3 is 0 Å². The zero-order valence-electron chi connectivity index (χ0n) is 10.7. The van der Waals surface area contributed by atoms with Gasteiger partial charge in [-0.2, -0.15) is 4.98 Å². The number of nitrogens with two attached hydrogens (primary N) is 1. The molecule has 0 fully saturated rings. The Morgan fingerprint density at radius 3 is 2.84 bits per heavy atom. The Bertz CT molecular complexity index is 710. The molecule has 0 atom stereocenters. The highest BCUT2D eigenvalue weighted by atomic mass is 16.5. The summed E-state index contributed by atoms with van der Waals surface area (Å²) < 4.78 is 10.7. The summed E-state index contributed by atoms with van der Waals surface area (Å²) in [6, 6.07) is 5.90. The molecule has 0 aliphatic heterocycles. The smallest absolute Gasteiger partial charge is 0.296 e. The Morgan fingerprint density at radius 2 is 2.16 bits per heavy atom. The van der Waals surface area contributed by atoms with Crippen molar-refractivity contribution in [2.24, 2.45) is 0 Å². The first-order chi connectivity index (χ1) is 9.15. The van der Waals surface area contributed by atoms with Crippen LogP contribution in [-0.4, -0.2) is 10.1 Å². The van der Waals surface area contributed by atoms with Crippen LogP contribution in [0.1, 0.15) is 17.0 Å². The van der Waals surface area contributed by atoms with Crippen molar-refractivity contribution in [2.75, 3.05) is 11.1 Å². The van der Waals surface area contributed by atoms with Crippen molar-refractivity contribution in [3.05, 3.63) is 35.2 Å². The number of hydrogen-bond acceptors (Lipinski definition) is 6. The monoisotopic (exact) mass is 258 g/mol. The Hall–Kier alpha value is -2.50. The molecule has 0 aliphatic rings. The minimum Gasteiger partial charge on any atom is -0.423 e. The van der Waals surface area contributed by atoms with Crippen LogP contribution in [0.4, 0.5) is 11.7 Å². The molecule has 0 spiro atoms. The molecule has 98 valence electrons. The van der Waals surface area contributed by atoms with Crippen LogP contribution in [0.25, 0.3) is 11.1 Å². The van der Waals surface area contributed by atoms with Crippen molar-refractivity contribution >= 4 is 22.8 Å². The average Bonchev–Trinajstić information content (AvgIpc) is 2.93. The summed E-state index contributed by atoms with van der Waals surface area (Å²) in [5.41, 5.74) is 9.65. The van der Waals surface area contributed by atoms with E-state index in [1.807, 2.05) is 26.0 Å². The molecule has 0 saturated carbocycles. The highest BCUT2D eigenvalue weighted by molar-refractivity contribution is 5.86. The van der Waals surface area contributed by atoms with Crippen molar-refractivity contribution in [3.8, 4) is 0 Å². The molecule has 3 rings (SSSR count). The molecule has 3 N–H and O–H groups in total. The van der Waals surface area contributed by atoms with Gasteiger partial charge in [-0.3, -0.25) is 0 Å². The minimum absolute atomic E-state index is 0.438. The lowest BCUT2D eigenvalue weighted by molar-refractivity contribution is 0.392. The van der Waals surface area contributed by atoms with E-state index in [4.69, 9.17) is 14.7 Å². The zero-order valence-corrected chi connectivity index (χ0v) is 10.7. The maximum atomic E-state index is 5.83. The van der Waals surface area contributed by atoms with Gasteiger partial charge in [-0.15, -0.1) is 0 Å². The Labute approximate surface area is 109 Å². The third kappa shape index (κ3) is 2.01. The molecular formula is C13H14N4O2. The number of aromatic nitrogens is 2. The minimum atomic E-state index is 0.438. The third-order valence-corrected chi connectivity index (χ3v) is 3.05. The van der Waals surface area contributed by atoms with Gasteiger partial charge in [-0.05, 0) is 26.0 Å². The van der Waals surface area contributed by atoms with Gasteiger partial charge in [0.15, 0.2) is 5.58 Å². The van der Waals surface area contributed by atoms with Crippen molar-refractivity contribution in [3.63, 3.8) is 0 Å². The second-order valence-corrected chi connectivity index (χ2v) is 4.37. The number of hydrogen-bond donors (Lipinski definition) is 2. The normalized spacial score (nSPS) is 11.1. The lowest BCUT2D eigenvalue weighted by Crippen LogP contribution is -2.01. The van der Waals surface area contributed by atoms with E-state index in [2.05, 4.69) is 15.5 Å². The summed E-state index contributed by atoms with van der Waals surface area (Å²) in [7, 11) is 0. The fourth-order valence-electron chi connectivity index (χ4n) is 1.96. The van der Waals surface area contributed by atoms with E-state index in [-0.39, 0.29) is 0 Å². The molecule has 2 aromatic heterocycles. The van der Waals surface area contributed by atoms with Gasteiger partial charge in [0.2, 0.25) is 0 Å². The summed E-state index contributed by atoms with van der Waals surface area (Å²) in [5, 5.41) is 7.01. The van der Waals surface area contributed by atoms with Crippen LogP contribution in [0.2, 0.25) is 0 Å². The molecule has 19 heavy (non-hydrogen) atoms. The van der Waals surface area contributed by atoms with E-state index in [1.165, 1.54) is 0 Å². The molecule has 0 aliphatic carbocycles. The first-order valence-electron chi connectivity index (χ1n) is 5.96. The standard InChI is InChI=1S/C13H14N4O2/c1-7-9(8(2)19-17-7)6-15-13-16-12-10(14)4-3-5-11(12)18-13/h3-5H,6,14H2,1-2H3,(H,15,16). The molecule has 0 radical (unpaired) electrons. The van der Waals surface area contributed by atoms with Crippen molar-refractivity contribution in [1.82, 2.24) is 10.1 Å². The van der Waals surface area contributed by atoms with E-state index < -0.39 is 0 Å². The lowest BCUT2D eigenvalue weighted by atomic mass is 10.2. The van der Waals surface area contributed by atoms with E-state index in [1.54, 1.807) is 6.07 Å². The van der Waals surface area contributed by atoms with Crippen LogP contribution in [0.5, 0.6) is 0 Å². The Morgan fingerprint density at radius 1 is 1.32 bits per heavy atom. The van der Waals surface area contributed by atoms with Crippen LogP contribution in [0, 0.1) is 13.8 Å². The van der Waals surface area contributed by atoms with Gasteiger partial charge in [0.25, 0.3) is 6.01 Å². The largest absolute Gasteiger partial charge is 0.423 e. The number of para-hydroxylation sites is 1. The predicted octanol–water partition coefficient (Wildman–Crippen LogP) is 2.63. The molecule has 0 bridgehead atoms. The summed E-state index contributed by atoms with van der Waals surface area (Å²) in [6.45, 7) is 4.33. The number of nitrogens with zero attached hydrogens (tertiary/aromatic N) is 2. The van der Waals surface area contributed by atoms with Crippen LogP contribution in [0.15, 0.2) is 27.1 Å². The molecule has 0 unspecified atom stereocenters. The number of nitrogen functional groups attached to an aromatic ring is 1. The highest BCUT2D eigenvalue weighted by Gasteiger charge is 2.11. The maximum absolute atomic E-state index is 5.83. The van der Waals surface area contributed by atoms with Gasteiger partial charge < -0.3 is 20.0 Å². The molecule has 0 amide bonds. The average molecular weight is 258 g/mol. The molecular weight excluding hydrogens is 244 g/mol.